The molecule has 0 bridgehead atoms. The number of aromatic nitrogens is 3. The van der Waals surface area contributed by atoms with Crippen LogP contribution in [0.5, 0.6) is 11.5 Å². The van der Waals surface area contributed by atoms with E-state index < -0.39 is 5.41 Å². The standard InChI is InChI=1S/C52H35N3O/c1-5-17-36(18-6-1)38-21-15-23-41(33-38)50-53-49(37-19-7-2-8-20-37)54-51(55-50)42-24-16-22-39(34-42)40-31-32-46-48(35-40)56-47-30-14-13-29-45(47)52(46,43-25-9-3-10-26-43)44-27-11-4-12-28-44/h1-35H. The molecule has 4 heteroatoms. The molecule has 0 amide bonds. The van der Waals surface area contributed by atoms with Crippen molar-refractivity contribution in [3.63, 3.8) is 0 Å². The summed E-state index contributed by atoms with van der Waals surface area (Å²) >= 11 is 0. The first-order chi connectivity index (χ1) is 27.7. The van der Waals surface area contributed by atoms with Crippen LogP contribution in [0.1, 0.15) is 22.3 Å². The van der Waals surface area contributed by atoms with Gasteiger partial charge in [0.05, 0.1) is 5.41 Å². The number of hydrogen-bond acceptors (Lipinski definition) is 4. The molecule has 0 radical (unpaired) electrons. The SMILES string of the molecule is c1ccc(-c2cccc(-c3nc(-c4ccccc4)nc(-c4cccc(-c5ccc6c(c5)Oc5ccccc5C6(c5ccccc5)c5ccccc5)c4)n3)c2)cc1. The van der Waals surface area contributed by atoms with E-state index in [0.717, 1.165) is 61.6 Å². The third kappa shape index (κ3) is 5.85. The molecular formula is C52H35N3O. The van der Waals surface area contributed by atoms with E-state index in [4.69, 9.17) is 19.7 Å². The molecule has 1 aromatic heterocycles. The van der Waals surface area contributed by atoms with Gasteiger partial charge in [0.2, 0.25) is 0 Å². The summed E-state index contributed by atoms with van der Waals surface area (Å²) in [5, 5.41) is 0. The van der Waals surface area contributed by atoms with Gasteiger partial charge in [0.15, 0.2) is 17.5 Å². The van der Waals surface area contributed by atoms with Gasteiger partial charge in [0.1, 0.15) is 11.5 Å². The number of nitrogens with zero attached hydrogens (tertiary/aromatic N) is 3. The van der Waals surface area contributed by atoms with Crippen molar-refractivity contribution in [1.29, 1.82) is 0 Å². The smallest absolute Gasteiger partial charge is 0.164 e. The van der Waals surface area contributed by atoms with Crippen LogP contribution in [0.4, 0.5) is 0 Å². The fourth-order valence-corrected chi connectivity index (χ4v) is 8.05. The van der Waals surface area contributed by atoms with E-state index in [1.54, 1.807) is 0 Å². The summed E-state index contributed by atoms with van der Waals surface area (Å²) in [5.74, 6) is 3.53. The van der Waals surface area contributed by atoms with Gasteiger partial charge in [0, 0.05) is 27.8 Å². The van der Waals surface area contributed by atoms with Gasteiger partial charge in [-0.25, -0.2) is 15.0 Å². The van der Waals surface area contributed by atoms with Crippen molar-refractivity contribution in [2.45, 2.75) is 5.41 Å². The van der Waals surface area contributed by atoms with Crippen LogP contribution in [-0.2, 0) is 5.41 Å². The van der Waals surface area contributed by atoms with E-state index in [2.05, 4.69) is 170 Å². The minimum Gasteiger partial charge on any atom is -0.457 e. The van der Waals surface area contributed by atoms with Crippen molar-refractivity contribution in [2.24, 2.45) is 0 Å². The molecule has 4 nitrogen and oxygen atoms in total. The van der Waals surface area contributed by atoms with Crippen molar-refractivity contribution in [2.75, 3.05) is 0 Å². The second-order valence-corrected chi connectivity index (χ2v) is 14.0. The van der Waals surface area contributed by atoms with E-state index in [0.29, 0.717) is 17.5 Å². The largest absolute Gasteiger partial charge is 0.457 e. The van der Waals surface area contributed by atoms with Gasteiger partial charge in [-0.1, -0.05) is 188 Å². The number of para-hydroxylation sites is 1. The van der Waals surface area contributed by atoms with Crippen LogP contribution in [0.25, 0.3) is 56.4 Å². The molecule has 10 rings (SSSR count). The zero-order chi connectivity index (χ0) is 37.3. The lowest BCUT2D eigenvalue weighted by Gasteiger charge is -2.41. The monoisotopic (exact) mass is 717 g/mol. The van der Waals surface area contributed by atoms with Crippen LogP contribution in [0.15, 0.2) is 212 Å². The van der Waals surface area contributed by atoms with Crippen LogP contribution in [0, 0.1) is 0 Å². The molecule has 1 aliphatic rings. The number of benzene rings is 8. The molecule has 8 aromatic carbocycles. The maximum atomic E-state index is 6.79. The first-order valence-electron chi connectivity index (χ1n) is 18.9. The fourth-order valence-electron chi connectivity index (χ4n) is 8.05. The molecule has 0 saturated heterocycles. The molecule has 0 unspecified atom stereocenters. The highest BCUT2D eigenvalue weighted by atomic mass is 16.5. The Morgan fingerprint density at radius 2 is 0.696 bits per heavy atom. The maximum absolute atomic E-state index is 6.79. The molecule has 0 atom stereocenters. The van der Waals surface area contributed by atoms with Gasteiger partial charge in [-0.15, -0.1) is 0 Å². The summed E-state index contributed by atoms with van der Waals surface area (Å²) in [6, 6.07) is 73.8. The third-order valence-electron chi connectivity index (χ3n) is 10.7. The van der Waals surface area contributed by atoms with Crippen LogP contribution < -0.4 is 4.74 Å². The maximum Gasteiger partial charge on any atom is 0.164 e. The van der Waals surface area contributed by atoms with E-state index in [1.807, 2.05) is 42.5 Å². The molecule has 2 heterocycles. The first-order valence-corrected chi connectivity index (χ1v) is 18.9. The summed E-state index contributed by atoms with van der Waals surface area (Å²) in [4.78, 5) is 15.2. The Balaban J connectivity index is 1.10. The third-order valence-corrected chi connectivity index (χ3v) is 10.7. The molecule has 0 fully saturated rings. The average Bonchev–Trinajstić information content (AvgIpc) is 3.29. The Labute approximate surface area is 326 Å². The number of ether oxygens (including phenoxy) is 1. The number of fused-ring (bicyclic) bond motifs is 2. The van der Waals surface area contributed by atoms with Crippen LogP contribution in [0.3, 0.4) is 0 Å². The minimum atomic E-state index is -0.569. The summed E-state index contributed by atoms with van der Waals surface area (Å²) in [5.41, 5.74) is 11.1. The molecule has 0 N–H and O–H groups in total. The summed E-state index contributed by atoms with van der Waals surface area (Å²) in [6.07, 6.45) is 0. The van der Waals surface area contributed by atoms with Crippen LogP contribution in [0.2, 0.25) is 0 Å². The van der Waals surface area contributed by atoms with Crippen molar-refractivity contribution >= 4 is 0 Å². The molecule has 9 aromatic rings. The quantitative estimate of drug-likeness (QED) is 0.165. The molecular weight excluding hydrogens is 683 g/mol. The van der Waals surface area contributed by atoms with Crippen LogP contribution >= 0.6 is 0 Å². The minimum absolute atomic E-state index is 0.569. The Morgan fingerprint density at radius 1 is 0.286 bits per heavy atom. The second kappa shape index (κ2) is 14.1. The van der Waals surface area contributed by atoms with Gasteiger partial charge < -0.3 is 4.74 Å². The lowest BCUT2D eigenvalue weighted by atomic mass is 9.63. The highest BCUT2D eigenvalue weighted by molar-refractivity contribution is 5.77. The highest BCUT2D eigenvalue weighted by Crippen LogP contribution is 2.55. The van der Waals surface area contributed by atoms with Crippen LogP contribution in [-0.4, -0.2) is 15.0 Å². The molecule has 0 saturated carbocycles. The van der Waals surface area contributed by atoms with Gasteiger partial charge in [-0.2, -0.15) is 0 Å². The normalized spacial score (nSPS) is 12.6. The Hall–Kier alpha value is -7.43. The van der Waals surface area contributed by atoms with E-state index in [1.165, 1.54) is 11.1 Å². The van der Waals surface area contributed by atoms with Gasteiger partial charge in [-0.3, -0.25) is 0 Å². The van der Waals surface area contributed by atoms with E-state index in [-0.39, 0.29) is 0 Å². The van der Waals surface area contributed by atoms with Crippen molar-refractivity contribution in [1.82, 2.24) is 15.0 Å². The topological polar surface area (TPSA) is 47.9 Å². The molecule has 0 aliphatic carbocycles. The highest BCUT2D eigenvalue weighted by Gasteiger charge is 2.45. The van der Waals surface area contributed by atoms with E-state index in [9.17, 15) is 0 Å². The van der Waals surface area contributed by atoms with Crippen molar-refractivity contribution in [3.05, 3.63) is 235 Å². The predicted molar refractivity (Wildman–Crippen MR) is 225 cm³/mol. The molecule has 56 heavy (non-hydrogen) atoms. The first kappa shape index (κ1) is 33.2. The van der Waals surface area contributed by atoms with Crippen molar-refractivity contribution in [3.8, 4) is 67.9 Å². The summed E-state index contributed by atoms with van der Waals surface area (Å²) in [7, 11) is 0. The summed E-state index contributed by atoms with van der Waals surface area (Å²) in [6.45, 7) is 0. The number of hydrogen-bond donors (Lipinski definition) is 0. The Bertz CT molecular complexity index is 2780. The second-order valence-electron chi connectivity index (χ2n) is 14.0. The predicted octanol–water partition coefficient (Wildman–Crippen LogP) is 12.7. The van der Waals surface area contributed by atoms with Gasteiger partial charge in [0.25, 0.3) is 0 Å². The zero-order valence-electron chi connectivity index (χ0n) is 30.5. The Kier molecular flexibility index (Phi) is 8.34. The average molecular weight is 718 g/mol. The van der Waals surface area contributed by atoms with Gasteiger partial charge >= 0.3 is 0 Å². The lowest BCUT2D eigenvalue weighted by molar-refractivity contribution is 0.435. The van der Waals surface area contributed by atoms with Crippen molar-refractivity contribution < 1.29 is 4.74 Å². The van der Waals surface area contributed by atoms with E-state index >= 15 is 0 Å². The Morgan fingerprint density at radius 3 is 1.29 bits per heavy atom. The molecule has 264 valence electrons. The lowest BCUT2D eigenvalue weighted by Crippen LogP contribution is -2.34. The summed E-state index contributed by atoms with van der Waals surface area (Å²) < 4.78 is 6.79. The fraction of sp³-hybridized carbons (Fsp3) is 0.0192. The molecule has 0 spiro atoms. The van der Waals surface area contributed by atoms with Gasteiger partial charge in [-0.05, 0) is 57.6 Å². The molecule has 1 aliphatic heterocycles. The zero-order valence-corrected chi connectivity index (χ0v) is 30.5. The number of rotatable bonds is 7.